The SMILES string of the molecule is C[N+]1(C)CC(OCc2cc(CNCC3CNC3)cc(OCc3ccc(Cl)cc3Br)c2)CC1C(=O)O. The Bertz CT molecular complexity index is 1050. The zero-order valence-electron chi connectivity index (χ0n) is 20.2. The molecule has 2 atom stereocenters. The third-order valence-corrected chi connectivity index (χ3v) is 7.81. The molecule has 2 fully saturated rings. The lowest BCUT2D eigenvalue weighted by atomic mass is 10.0. The topological polar surface area (TPSA) is 79.8 Å². The molecule has 2 aromatic rings. The maximum atomic E-state index is 11.6. The van der Waals surface area contributed by atoms with Crippen molar-refractivity contribution >= 4 is 33.5 Å². The van der Waals surface area contributed by atoms with E-state index < -0.39 is 12.0 Å². The molecule has 0 aliphatic carbocycles. The van der Waals surface area contributed by atoms with Crippen molar-refractivity contribution in [2.75, 3.05) is 40.3 Å². The molecule has 4 rings (SSSR count). The van der Waals surface area contributed by atoms with Gasteiger partial charge >= 0.3 is 5.97 Å². The van der Waals surface area contributed by atoms with E-state index in [1.807, 2.05) is 38.4 Å². The van der Waals surface area contributed by atoms with Crippen LogP contribution in [0.3, 0.4) is 0 Å². The van der Waals surface area contributed by atoms with Crippen molar-refractivity contribution < 1.29 is 23.9 Å². The van der Waals surface area contributed by atoms with Crippen molar-refractivity contribution in [3.8, 4) is 5.75 Å². The quantitative estimate of drug-likeness (QED) is 0.359. The normalized spacial score (nSPS) is 21.6. The molecule has 0 bridgehead atoms. The van der Waals surface area contributed by atoms with Crippen LogP contribution < -0.4 is 15.4 Å². The fraction of sp³-hybridized carbons (Fsp3) is 0.500. The molecular formula is C26H34BrClN3O4+. The summed E-state index contributed by atoms with van der Waals surface area (Å²) in [4.78, 5) is 11.6. The molecule has 2 aliphatic heterocycles. The summed E-state index contributed by atoms with van der Waals surface area (Å²) in [5, 5.41) is 17.1. The van der Waals surface area contributed by atoms with Gasteiger partial charge in [0, 0.05) is 47.7 Å². The second-order valence-electron chi connectivity index (χ2n) is 10.1. The van der Waals surface area contributed by atoms with Gasteiger partial charge < -0.3 is 29.7 Å². The van der Waals surface area contributed by atoms with Crippen LogP contribution in [0.1, 0.15) is 23.1 Å². The van der Waals surface area contributed by atoms with E-state index in [0.717, 1.165) is 53.1 Å². The number of likely N-dealkylation sites (N-methyl/N-ethyl adjacent to an activating group) is 1. The standard InChI is InChI=1S/C26H33BrClN3O4/c1-31(2)14-23(9-25(31)26(32)33)34-15-18-5-17(10-29-11-19-12-30-13-19)6-22(7-18)35-16-20-3-4-21(28)8-24(20)27/h3-8,19,23,25,29-30H,9-16H2,1-2H3/p+1. The average molecular weight is 568 g/mol. The number of aliphatic carboxylic acids is 1. The molecule has 7 nitrogen and oxygen atoms in total. The molecule has 2 aromatic carbocycles. The first-order valence-corrected chi connectivity index (χ1v) is 13.1. The Hall–Kier alpha value is -1.68. The maximum absolute atomic E-state index is 11.6. The molecule has 2 heterocycles. The zero-order chi connectivity index (χ0) is 25.0. The molecule has 35 heavy (non-hydrogen) atoms. The van der Waals surface area contributed by atoms with Gasteiger partial charge in [-0.1, -0.05) is 39.7 Å². The van der Waals surface area contributed by atoms with Crippen LogP contribution in [0.5, 0.6) is 5.75 Å². The van der Waals surface area contributed by atoms with Crippen LogP contribution in [0.15, 0.2) is 40.9 Å². The first-order valence-electron chi connectivity index (χ1n) is 12.0. The fourth-order valence-corrected chi connectivity index (χ4v) is 5.50. The lowest BCUT2D eigenvalue weighted by Gasteiger charge is -2.28. The van der Waals surface area contributed by atoms with Gasteiger partial charge in [-0.05, 0) is 41.3 Å². The lowest BCUT2D eigenvalue weighted by Crippen LogP contribution is -2.48. The van der Waals surface area contributed by atoms with Gasteiger partial charge in [0.15, 0.2) is 6.04 Å². The van der Waals surface area contributed by atoms with Crippen LogP contribution in [0.25, 0.3) is 0 Å². The van der Waals surface area contributed by atoms with Gasteiger partial charge in [-0.2, -0.15) is 0 Å². The Morgan fingerprint density at radius 1 is 1.20 bits per heavy atom. The number of nitrogens with one attached hydrogen (secondary N) is 2. The number of rotatable bonds is 11. The van der Waals surface area contributed by atoms with Crippen molar-refractivity contribution in [3.63, 3.8) is 0 Å². The average Bonchev–Trinajstić information content (AvgIpc) is 3.08. The highest BCUT2D eigenvalue weighted by molar-refractivity contribution is 9.10. The number of nitrogens with zero attached hydrogens (tertiary/aromatic N) is 1. The molecule has 0 radical (unpaired) electrons. The van der Waals surface area contributed by atoms with Gasteiger partial charge in [0.1, 0.15) is 25.0 Å². The van der Waals surface area contributed by atoms with E-state index in [9.17, 15) is 9.90 Å². The molecular weight excluding hydrogens is 534 g/mol. The number of carbonyl (C=O) groups is 1. The first-order chi connectivity index (χ1) is 16.7. The van der Waals surface area contributed by atoms with Crippen LogP contribution >= 0.6 is 27.5 Å². The number of hydrogen-bond donors (Lipinski definition) is 3. The Labute approximate surface area is 220 Å². The van der Waals surface area contributed by atoms with E-state index in [2.05, 4.69) is 38.7 Å². The van der Waals surface area contributed by atoms with Crippen LogP contribution in [0.2, 0.25) is 5.02 Å². The number of hydrogen-bond acceptors (Lipinski definition) is 5. The number of carboxylic acids is 1. The minimum Gasteiger partial charge on any atom is -0.489 e. The number of quaternary nitrogens is 1. The van der Waals surface area contributed by atoms with Crippen molar-refractivity contribution in [1.82, 2.24) is 10.6 Å². The van der Waals surface area contributed by atoms with E-state index in [1.165, 1.54) is 0 Å². The van der Waals surface area contributed by atoms with E-state index >= 15 is 0 Å². The van der Waals surface area contributed by atoms with Gasteiger partial charge in [-0.3, -0.25) is 0 Å². The molecule has 2 unspecified atom stereocenters. The predicted octanol–water partition coefficient (Wildman–Crippen LogP) is 3.81. The Kier molecular flexibility index (Phi) is 8.73. The smallest absolute Gasteiger partial charge is 0.362 e. The maximum Gasteiger partial charge on any atom is 0.362 e. The largest absolute Gasteiger partial charge is 0.489 e. The van der Waals surface area contributed by atoms with Gasteiger partial charge in [0.2, 0.25) is 0 Å². The monoisotopic (exact) mass is 566 g/mol. The van der Waals surface area contributed by atoms with Crippen LogP contribution in [-0.2, 0) is 29.3 Å². The summed E-state index contributed by atoms with van der Waals surface area (Å²) in [6.07, 6.45) is 0.431. The van der Waals surface area contributed by atoms with E-state index in [1.54, 1.807) is 0 Å². The summed E-state index contributed by atoms with van der Waals surface area (Å²) in [7, 11) is 3.90. The number of likely N-dealkylation sites (tertiary alicyclic amines) is 1. The van der Waals surface area contributed by atoms with Crippen LogP contribution in [-0.4, -0.2) is 68.0 Å². The van der Waals surface area contributed by atoms with Gasteiger partial charge in [0.05, 0.1) is 20.7 Å². The number of carboxylic acid groups (broad SMARTS) is 1. The minimum atomic E-state index is -0.764. The first kappa shape index (κ1) is 26.4. The minimum absolute atomic E-state index is 0.0895. The highest BCUT2D eigenvalue weighted by Crippen LogP contribution is 2.28. The molecule has 9 heteroatoms. The summed E-state index contributed by atoms with van der Waals surface area (Å²) < 4.78 is 13.7. The van der Waals surface area contributed by atoms with Crippen molar-refractivity contribution in [3.05, 3.63) is 62.6 Å². The van der Waals surface area contributed by atoms with Crippen molar-refractivity contribution in [2.24, 2.45) is 5.92 Å². The molecule has 3 N–H and O–H groups in total. The Balaban J connectivity index is 1.42. The van der Waals surface area contributed by atoms with Crippen LogP contribution in [0, 0.1) is 5.92 Å². The van der Waals surface area contributed by atoms with Gasteiger partial charge in [0.25, 0.3) is 0 Å². The summed E-state index contributed by atoms with van der Waals surface area (Å²) in [5.41, 5.74) is 3.16. The Morgan fingerprint density at radius 3 is 2.63 bits per heavy atom. The second-order valence-corrected chi connectivity index (χ2v) is 11.4. The summed E-state index contributed by atoms with van der Waals surface area (Å²) >= 11 is 9.62. The van der Waals surface area contributed by atoms with Crippen molar-refractivity contribution in [1.29, 1.82) is 0 Å². The zero-order valence-corrected chi connectivity index (χ0v) is 22.6. The summed E-state index contributed by atoms with van der Waals surface area (Å²) in [6.45, 7) is 5.38. The van der Waals surface area contributed by atoms with Crippen LogP contribution in [0.4, 0.5) is 0 Å². The van der Waals surface area contributed by atoms with Gasteiger partial charge in [-0.15, -0.1) is 0 Å². The lowest BCUT2D eigenvalue weighted by molar-refractivity contribution is -0.895. The van der Waals surface area contributed by atoms with E-state index in [4.69, 9.17) is 21.1 Å². The molecule has 2 saturated heterocycles. The number of halogens is 2. The van der Waals surface area contributed by atoms with Gasteiger partial charge in [-0.25, -0.2) is 4.79 Å². The molecule has 0 saturated carbocycles. The third kappa shape index (κ3) is 7.18. The fourth-order valence-electron chi connectivity index (χ4n) is 4.71. The second kappa shape index (κ2) is 11.6. The number of ether oxygens (including phenoxy) is 2. The third-order valence-electron chi connectivity index (χ3n) is 6.84. The molecule has 0 amide bonds. The Morgan fingerprint density at radius 2 is 1.97 bits per heavy atom. The molecule has 0 spiro atoms. The summed E-state index contributed by atoms with van der Waals surface area (Å²) in [6, 6.07) is 11.4. The van der Waals surface area contributed by atoms with E-state index in [0.29, 0.717) is 41.6 Å². The summed E-state index contributed by atoms with van der Waals surface area (Å²) in [5.74, 6) is 0.700. The number of benzene rings is 2. The highest BCUT2D eigenvalue weighted by Gasteiger charge is 2.45. The molecule has 190 valence electrons. The van der Waals surface area contributed by atoms with E-state index in [-0.39, 0.29) is 6.10 Å². The molecule has 2 aliphatic rings. The predicted molar refractivity (Wildman–Crippen MR) is 140 cm³/mol. The highest BCUT2D eigenvalue weighted by atomic mass is 79.9. The molecule has 0 aromatic heterocycles. The van der Waals surface area contributed by atoms with Crippen molar-refractivity contribution in [2.45, 2.75) is 38.3 Å².